The lowest BCUT2D eigenvalue weighted by molar-refractivity contribution is -0.127. The average molecular weight is 296 g/mol. The molecule has 0 radical (unpaired) electrons. The number of amides is 1. The summed E-state index contributed by atoms with van der Waals surface area (Å²) >= 11 is 0. The molecule has 1 atom stereocenters. The van der Waals surface area contributed by atoms with E-state index in [-0.39, 0.29) is 17.2 Å². The first-order valence-corrected chi connectivity index (χ1v) is 6.51. The first-order chi connectivity index (χ1) is 9.95. The summed E-state index contributed by atoms with van der Waals surface area (Å²) in [5, 5.41) is 11.8. The van der Waals surface area contributed by atoms with E-state index in [4.69, 9.17) is 20.3 Å². The van der Waals surface area contributed by atoms with E-state index in [2.05, 4.69) is 5.32 Å². The van der Waals surface area contributed by atoms with E-state index < -0.39 is 12.1 Å². The van der Waals surface area contributed by atoms with E-state index >= 15 is 0 Å². The maximum atomic E-state index is 11.8. The zero-order valence-electron chi connectivity index (χ0n) is 12.1. The molecule has 0 saturated carbocycles. The third kappa shape index (κ3) is 5.31. The number of methoxy groups -OCH3 is 1. The number of benzene rings is 1. The fraction of sp³-hybridized carbons (Fsp3) is 0.429. The Morgan fingerprint density at radius 3 is 2.76 bits per heavy atom. The van der Waals surface area contributed by atoms with Crippen LogP contribution < -0.4 is 15.8 Å². The molecule has 4 N–H and O–H groups in total. The van der Waals surface area contributed by atoms with Crippen LogP contribution in [0.25, 0.3) is 0 Å². The summed E-state index contributed by atoms with van der Waals surface area (Å²) in [4.78, 5) is 22.9. The second-order valence-electron chi connectivity index (χ2n) is 4.46. The summed E-state index contributed by atoms with van der Waals surface area (Å²) in [6.45, 7) is 2.55. The Bertz CT molecular complexity index is 504. The van der Waals surface area contributed by atoms with Crippen molar-refractivity contribution in [2.75, 3.05) is 26.0 Å². The van der Waals surface area contributed by atoms with Crippen LogP contribution >= 0.6 is 0 Å². The van der Waals surface area contributed by atoms with Crippen molar-refractivity contribution in [3.63, 3.8) is 0 Å². The minimum Gasteiger partial charge on any atom is -0.480 e. The van der Waals surface area contributed by atoms with Crippen LogP contribution in [-0.2, 0) is 9.53 Å². The van der Waals surface area contributed by atoms with E-state index in [1.54, 1.807) is 14.0 Å². The summed E-state index contributed by atoms with van der Waals surface area (Å²) in [6.07, 6.45) is -0.138. The molecule has 0 saturated heterocycles. The fourth-order valence-electron chi connectivity index (χ4n) is 1.63. The van der Waals surface area contributed by atoms with Gasteiger partial charge in [-0.3, -0.25) is 4.79 Å². The van der Waals surface area contributed by atoms with E-state index in [1.165, 1.54) is 18.2 Å². The summed E-state index contributed by atoms with van der Waals surface area (Å²) in [6, 6.07) is 4.19. The van der Waals surface area contributed by atoms with E-state index in [0.29, 0.717) is 25.3 Å². The van der Waals surface area contributed by atoms with Crippen molar-refractivity contribution < 1.29 is 24.2 Å². The molecule has 0 bridgehead atoms. The number of anilines is 1. The highest BCUT2D eigenvalue weighted by molar-refractivity contribution is 5.91. The Kier molecular flexibility index (Phi) is 6.48. The predicted molar refractivity (Wildman–Crippen MR) is 77.4 cm³/mol. The number of rotatable bonds is 8. The quantitative estimate of drug-likeness (QED) is 0.485. The molecule has 0 aliphatic rings. The molecule has 0 fully saturated rings. The highest BCUT2D eigenvalue weighted by atomic mass is 16.5. The molecule has 21 heavy (non-hydrogen) atoms. The van der Waals surface area contributed by atoms with Gasteiger partial charge in [-0.25, -0.2) is 4.79 Å². The molecule has 1 rings (SSSR count). The van der Waals surface area contributed by atoms with Gasteiger partial charge in [-0.05, 0) is 25.5 Å². The molecule has 7 nitrogen and oxygen atoms in total. The molecule has 0 aliphatic heterocycles. The molecule has 0 spiro atoms. The summed E-state index contributed by atoms with van der Waals surface area (Å²) in [7, 11) is 1.58. The van der Waals surface area contributed by atoms with Crippen LogP contribution in [0.2, 0.25) is 0 Å². The van der Waals surface area contributed by atoms with Crippen molar-refractivity contribution in [2.24, 2.45) is 0 Å². The molecule has 1 unspecified atom stereocenters. The molecule has 7 heteroatoms. The second-order valence-corrected chi connectivity index (χ2v) is 4.46. The maximum absolute atomic E-state index is 11.8. The van der Waals surface area contributed by atoms with Gasteiger partial charge in [0.25, 0.3) is 5.91 Å². The number of carbonyl (C=O) groups is 2. The molecule has 1 amide bonds. The molecule has 1 aromatic rings. The lowest BCUT2D eigenvalue weighted by Gasteiger charge is -2.16. The lowest BCUT2D eigenvalue weighted by atomic mass is 10.2. The minimum atomic E-state index is -1.14. The molecule has 1 aromatic carbocycles. The van der Waals surface area contributed by atoms with Crippen LogP contribution in [0.3, 0.4) is 0 Å². The van der Waals surface area contributed by atoms with Crippen molar-refractivity contribution in [2.45, 2.75) is 19.4 Å². The van der Waals surface area contributed by atoms with Crippen LogP contribution in [0.5, 0.6) is 5.75 Å². The van der Waals surface area contributed by atoms with Gasteiger partial charge in [0.2, 0.25) is 0 Å². The van der Waals surface area contributed by atoms with Crippen LogP contribution in [0.1, 0.15) is 23.7 Å². The Morgan fingerprint density at radius 2 is 2.14 bits per heavy atom. The number of nitrogen functional groups attached to an aromatic ring is 1. The smallest absolute Gasteiger partial charge is 0.339 e. The van der Waals surface area contributed by atoms with Gasteiger partial charge in [0.15, 0.2) is 6.10 Å². The first kappa shape index (κ1) is 16.8. The molecule has 0 aromatic heterocycles. The van der Waals surface area contributed by atoms with Gasteiger partial charge in [-0.15, -0.1) is 0 Å². The Morgan fingerprint density at radius 1 is 1.43 bits per heavy atom. The highest BCUT2D eigenvalue weighted by Crippen LogP contribution is 2.23. The number of hydrogen-bond donors (Lipinski definition) is 3. The number of hydrogen-bond acceptors (Lipinski definition) is 5. The third-order valence-electron chi connectivity index (χ3n) is 2.73. The molecule has 116 valence electrons. The van der Waals surface area contributed by atoms with Gasteiger partial charge < -0.3 is 25.6 Å². The van der Waals surface area contributed by atoms with Gasteiger partial charge in [-0.2, -0.15) is 0 Å². The predicted octanol–water partition coefficient (Wildman–Crippen LogP) is 0.887. The highest BCUT2D eigenvalue weighted by Gasteiger charge is 2.18. The Balaban J connectivity index is 2.65. The third-order valence-corrected chi connectivity index (χ3v) is 2.73. The Hall–Kier alpha value is -2.28. The average Bonchev–Trinajstić information content (AvgIpc) is 2.43. The largest absolute Gasteiger partial charge is 0.480 e. The van der Waals surface area contributed by atoms with Crippen molar-refractivity contribution in [3.8, 4) is 5.75 Å². The zero-order chi connectivity index (χ0) is 15.8. The second kappa shape index (κ2) is 8.11. The van der Waals surface area contributed by atoms with Crippen molar-refractivity contribution >= 4 is 17.6 Å². The van der Waals surface area contributed by atoms with Crippen LogP contribution in [0.15, 0.2) is 18.2 Å². The van der Waals surface area contributed by atoms with Crippen molar-refractivity contribution in [3.05, 3.63) is 23.8 Å². The van der Waals surface area contributed by atoms with Gasteiger partial charge in [0.1, 0.15) is 11.3 Å². The summed E-state index contributed by atoms with van der Waals surface area (Å²) < 4.78 is 10.3. The number of nitrogens with one attached hydrogen (secondary N) is 1. The normalized spacial score (nSPS) is 11.7. The molecule has 0 aliphatic carbocycles. The van der Waals surface area contributed by atoms with Gasteiger partial charge in [0, 0.05) is 32.0 Å². The van der Waals surface area contributed by atoms with Crippen LogP contribution in [-0.4, -0.2) is 43.3 Å². The number of carboxylic acids is 1. The van der Waals surface area contributed by atoms with Crippen LogP contribution in [0.4, 0.5) is 5.69 Å². The van der Waals surface area contributed by atoms with E-state index in [1.807, 2.05) is 0 Å². The summed E-state index contributed by atoms with van der Waals surface area (Å²) in [5.74, 6) is -1.40. The van der Waals surface area contributed by atoms with Crippen LogP contribution in [0, 0.1) is 0 Å². The molecular formula is C14H20N2O5. The van der Waals surface area contributed by atoms with Crippen molar-refractivity contribution in [1.82, 2.24) is 5.32 Å². The number of aromatic carboxylic acids is 1. The topological polar surface area (TPSA) is 111 Å². The van der Waals surface area contributed by atoms with Crippen molar-refractivity contribution in [1.29, 1.82) is 0 Å². The minimum absolute atomic E-state index is 0.0387. The summed E-state index contributed by atoms with van der Waals surface area (Å²) in [5.41, 5.74) is 5.93. The lowest BCUT2D eigenvalue weighted by Crippen LogP contribution is -2.37. The van der Waals surface area contributed by atoms with Gasteiger partial charge in [0.05, 0.1) is 0 Å². The monoisotopic (exact) mass is 296 g/mol. The molecule has 0 heterocycles. The van der Waals surface area contributed by atoms with Gasteiger partial charge >= 0.3 is 5.97 Å². The zero-order valence-corrected chi connectivity index (χ0v) is 12.1. The maximum Gasteiger partial charge on any atom is 0.339 e. The fourth-order valence-corrected chi connectivity index (χ4v) is 1.63. The van der Waals surface area contributed by atoms with E-state index in [9.17, 15) is 9.59 Å². The van der Waals surface area contributed by atoms with E-state index in [0.717, 1.165) is 0 Å². The Labute approximate surface area is 123 Å². The molecular weight excluding hydrogens is 276 g/mol. The number of nitrogens with two attached hydrogens (primary N) is 1. The SMILES string of the molecule is COCCCNC(=O)C(C)Oc1cc(N)ccc1C(=O)O. The number of carbonyl (C=O) groups excluding carboxylic acids is 1. The number of ether oxygens (including phenoxy) is 2. The first-order valence-electron chi connectivity index (χ1n) is 6.51. The van der Waals surface area contributed by atoms with Gasteiger partial charge in [-0.1, -0.05) is 0 Å². The number of carboxylic acid groups (broad SMARTS) is 1. The standard InChI is InChI=1S/C14H20N2O5/c1-9(13(17)16-6-3-7-20-2)21-12-8-10(15)4-5-11(12)14(18)19/h4-5,8-9H,3,6-7,15H2,1-2H3,(H,16,17)(H,18,19).